The highest BCUT2D eigenvalue weighted by Crippen LogP contribution is 2.39. The summed E-state index contributed by atoms with van der Waals surface area (Å²) >= 11 is 0. The summed E-state index contributed by atoms with van der Waals surface area (Å²) in [5, 5.41) is 0.0351. The lowest BCUT2D eigenvalue weighted by Crippen LogP contribution is -2.33. The maximum Gasteiger partial charge on any atom is 0.522 e. The monoisotopic (exact) mass is 416 g/mol. The van der Waals surface area contributed by atoms with Gasteiger partial charge in [0.15, 0.2) is 0 Å². The summed E-state index contributed by atoms with van der Waals surface area (Å²) in [5.41, 5.74) is 5.02. The number of hydrogen-bond acceptors (Lipinski definition) is 5. The second-order valence-electron chi connectivity index (χ2n) is 7.59. The van der Waals surface area contributed by atoms with Crippen molar-refractivity contribution in [2.75, 3.05) is 24.5 Å². The number of hydrogen-bond donors (Lipinski definition) is 2. The fraction of sp³-hybridized carbons (Fsp3) is 0.556. The Labute approximate surface area is 162 Å². The average molecular weight is 416 g/mol. The van der Waals surface area contributed by atoms with Gasteiger partial charge < -0.3 is 10.6 Å². The number of ether oxygens (including phenoxy) is 1. The molecule has 2 unspecified atom stereocenters. The minimum absolute atomic E-state index is 0.0351. The number of rotatable bonds is 4. The minimum atomic E-state index is -4.83. The van der Waals surface area contributed by atoms with E-state index in [1.54, 1.807) is 6.92 Å². The van der Waals surface area contributed by atoms with Gasteiger partial charge in [-0.25, -0.2) is 9.18 Å². The molecule has 2 atom stereocenters. The third kappa shape index (κ3) is 3.52. The molecule has 2 fully saturated rings. The molecule has 0 amide bonds. The smallest absolute Gasteiger partial charge is 0.366 e. The Morgan fingerprint density at radius 1 is 1.28 bits per heavy atom. The van der Waals surface area contributed by atoms with Crippen molar-refractivity contribution in [3.8, 4) is 0 Å². The largest absolute Gasteiger partial charge is 0.522 e. The number of nitrogens with zero attached hydrogens (tertiary/aromatic N) is 2. The first-order valence-electron chi connectivity index (χ1n) is 9.28. The van der Waals surface area contributed by atoms with Crippen LogP contribution in [0.1, 0.15) is 24.4 Å². The average Bonchev–Trinajstić information content (AvgIpc) is 3.36. The van der Waals surface area contributed by atoms with Crippen LogP contribution in [0.15, 0.2) is 15.7 Å². The highest BCUT2D eigenvalue weighted by molar-refractivity contribution is 5.87. The molecule has 1 aromatic heterocycles. The quantitative estimate of drug-likeness (QED) is 0.742. The molecule has 1 aliphatic heterocycles. The van der Waals surface area contributed by atoms with E-state index >= 15 is 0 Å². The lowest BCUT2D eigenvalue weighted by Gasteiger charge is -2.24. The van der Waals surface area contributed by atoms with Crippen LogP contribution in [0.25, 0.3) is 10.9 Å². The maximum atomic E-state index is 15.0. The van der Waals surface area contributed by atoms with Gasteiger partial charge in [-0.2, -0.15) is 0 Å². The summed E-state index contributed by atoms with van der Waals surface area (Å²) in [5.74, 6) is -1.39. The summed E-state index contributed by atoms with van der Waals surface area (Å²) in [4.78, 5) is 28.2. The number of nitrogens with one attached hydrogen (secondary N) is 1. The molecule has 4 rings (SSSR count). The van der Waals surface area contributed by atoms with E-state index in [1.807, 2.05) is 0 Å². The van der Waals surface area contributed by atoms with E-state index in [9.17, 15) is 27.2 Å². The van der Waals surface area contributed by atoms with Gasteiger partial charge in [-0.1, -0.05) is 0 Å². The molecule has 1 aromatic carbocycles. The standard InChI is InChI=1S/C18H20F4N4O3/c1-8-14-11(16(27)24-17(28)26(14)10-2-3-10)4-12(19)15(8)25-6-9(5-23)13(7-25)29-18(20,21)22/h4,9-10,13H,2-3,5-7,23H2,1H3,(H,24,27,28). The summed E-state index contributed by atoms with van der Waals surface area (Å²) in [6.45, 7) is 1.37. The minimum Gasteiger partial charge on any atom is -0.366 e. The van der Waals surface area contributed by atoms with Crippen LogP contribution in [-0.4, -0.2) is 41.7 Å². The molecule has 1 saturated heterocycles. The van der Waals surface area contributed by atoms with E-state index in [-0.39, 0.29) is 36.7 Å². The Morgan fingerprint density at radius 3 is 2.55 bits per heavy atom. The number of aromatic nitrogens is 2. The molecule has 3 N–H and O–H groups in total. The zero-order valence-electron chi connectivity index (χ0n) is 15.6. The maximum absolute atomic E-state index is 15.0. The first-order valence-corrected chi connectivity index (χ1v) is 9.28. The lowest BCUT2D eigenvalue weighted by atomic mass is 10.1. The molecular formula is C18H20F4N4O3. The van der Waals surface area contributed by atoms with Gasteiger partial charge in [0.25, 0.3) is 5.56 Å². The van der Waals surface area contributed by atoms with Gasteiger partial charge in [0, 0.05) is 30.6 Å². The molecule has 1 aliphatic carbocycles. The number of aryl methyl sites for hydroxylation is 1. The Morgan fingerprint density at radius 2 is 1.97 bits per heavy atom. The summed E-state index contributed by atoms with van der Waals surface area (Å²) < 4.78 is 58.8. The van der Waals surface area contributed by atoms with Crippen LogP contribution >= 0.6 is 0 Å². The first kappa shape index (κ1) is 19.9. The number of aromatic amines is 1. The highest BCUT2D eigenvalue weighted by Gasteiger charge is 2.42. The summed E-state index contributed by atoms with van der Waals surface area (Å²) in [7, 11) is 0. The van der Waals surface area contributed by atoms with Crippen LogP contribution in [0.3, 0.4) is 0 Å². The van der Waals surface area contributed by atoms with Gasteiger partial charge >= 0.3 is 12.1 Å². The fourth-order valence-electron chi connectivity index (χ4n) is 4.19. The Hall–Kier alpha value is -2.40. The number of H-pyrrole nitrogens is 1. The van der Waals surface area contributed by atoms with E-state index < -0.39 is 35.5 Å². The molecular weight excluding hydrogens is 396 g/mol. The van der Waals surface area contributed by atoms with Gasteiger partial charge in [-0.15, -0.1) is 13.2 Å². The topological polar surface area (TPSA) is 93.3 Å². The third-order valence-corrected chi connectivity index (χ3v) is 5.58. The molecule has 29 heavy (non-hydrogen) atoms. The first-order chi connectivity index (χ1) is 13.6. The van der Waals surface area contributed by atoms with Crippen LogP contribution in [0.5, 0.6) is 0 Å². The van der Waals surface area contributed by atoms with Gasteiger partial charge in [0.1, 0.15) is 5.82 Å². The molecule has 1 saturated carbocycles. The summed E-state index contributed by atoms with van der Waals surface area (Å²) in [6, 6.07) is 0.944. The van der Waals surface area contributed by atoms with Gasteiger partial charge in [0.05, 0.1) is 22.7 Å². The number of nitrogens with two attached hydrogens (primary N) is 1. The normalized spacial score (nSPS) is 22.6. The third-order valence-electron chi connectivity index (χ3n) is 5.58. The van der Waals surface area contributed by atoms with Crippen molar-refractivity contribution in [1.29, 1.82) is 0 Å². The predicted molar refractivity (Wildman–Crippen MR) is 97.5 cm³/mol. The Bertz CT molecular complexity index is 1070. The van der Waals surface area contributed by atoms with Gasteiger partial charge in [-0.05, 0) is 32.4 Å². The molecule has 11 heteroatoms. The van der Waals surface area contributed by atoms with Crippen molar-refractivity contribution in [3.63, 3.8) is 0 Å². The molecule has 0 spiro atoms. The fourth-order valence-corrected chi connectivity index (χ4v) is 4.19. The van der Waals surface area contributed by atoms with Gasteiger partial charge in [-0.3, -0.25) is 19.1 Å². The van der Waals surface area contributed by atoms with Crippen LogP contribution in [0, 0.1) is 18.7 Å². The highest BCUT2D eigenvalue weighted by atomic mass is 19.4. The van der Waals surface area contributed by atoms with Crippen molar-refractivity contribution in [2.45, 2.75) is 38.3 Å². The van der Waals surface area contributed by atoms with Crippen molar-refractivity contribution in [1.82, 2.24) is 9.55 Å². The molecule has 2 aliphatic rings. The summed E-state index contributed by atoms with van der Waals surface area (Å²) in [6.07, 6.45) is -4.55. The molecule has 7 nitrogen and oxygen atoms in total. The van der Waals surface area contributed by atoms with E-state index in [2.05, 4.69) is 9.72 Å². The molecule has 2 heterocycles. The van der Waals surface area contributed by atoms with E-state index in [0.29, 0.717) is 11.1 Å². The van der Waals surface area contributed by atoms with Crippen LogP contribution in [0.2, 0.25) is 0 Å². The van der Waals surface area contributed by atoms with Crippen LogP contribution in [0.4, 0.5) is 23.2 Å². The Kier molecular flexibility index (Phi) is 4.69. The number of halogens is 4. The number of alkyl halides is 3. The molecule has 0 bridgehead atoms. The zero-order valence-corrected chi connectivity index (χ0v) is 15.6. The number of anilines is 1. The van der Waals surface area contributed by atoms with Crippen molar-refractivity contribution >= 4 is 16.6 Å². The second-order valence-corrected chi connectivity index (χ2v) is 7.59. The van der Waals surface area contributed by atoms with Crippen LogP contribution < -0.4 is 21.9 Å². The molecule has 0 radical (unpaired) electrons. The molecule has 158 valence electrons. The van der Waals surface area contributed by atoms with Crippen molar-refractivity contribution in [3.05, 3.63) is 38.3 Å². The van der Waals surface area contributed by atoms with E-state index in [4.69, 9.17) is 5.73 Å². The number of benzene rings is 1. The van der Waals surface area contributed by atoms with Crippen LogP contribution in [-0.2, 0) is 4.74 Å². The van der Waals surface area contributed by atoms with Crippen molar-refractivity contribution in [2.24, 2.45) is 11.7 Å². The van der Waals surface area contributed by atoms with Gasteiger partial charge in [0.2, 0.25) is 0 Å². The Balaban J connectivity index is 1.84. The number of fused-ring (bicyclic) bond motifs is 1. The van der Waals surface area contributed by atoms with E-state index in [1.165, 1.54) is 9.47 Å². The predicted octanol–water partition coefficient (Wildman–Crippen LogP) is 1.77. The SMILES string of the molecule is Cc1c(N2CC(CN)C(OC(F)(F)F)C2)c(F)cc2c(=O)[nH]c(=O)n(C3CC3)c12. The molecule has 2 aromatic rings. The second kappa shape index (κ2) is 6.84. The van der Waals surface area contributed by atoms with E-state index in [0.717, 1.165) is 18.9 Å². The lowest BCUT2D eigenvalue weighted by molar-refractivity contribution is -0.343. The van der Waals surface area contributed by atoms with Crippen molar-refractivity contribution < 1.29 is 22.3 Å². The zero-order chi connectivity index (χ0) is 21.1.